The van der Waals surface area contributed by atoms with Gasteiger partial charge in [-0.15, -0.1) is 0 Å². The third-order valence-electron chi connectivity index (χ3n) is 3.91. The van der Waals surface area contributed by atoms with Crippen LogP contribution in [0.4, 0.5) is 5.69 Å². The fourth-order valence-electron chi connectivity index (χ4n) is 2.88. The molecule has 0 saturated heterocycles. The van der Waals surface area contributed by atoms with Gasteiger partial charge in [-0.3, -0.25) is 0 Å². The maximum Gasteiger partial charge on any atom is 0.125 e. The number of fused-ring (bicyclic) bond motifs is 1. The monoisotopic (exact) mass is 283 g/mol. The molecule has 0 aliphatic carbocycles. The average Bonchev–Trinajstić information content (AvgIpc) is 2.42. The minimum absolute atomic E-state index is 0.196. The van der Waals surface area contributed by atoms with E-state index in [0.29, 0.717) is 5.75 Å². The van der Waals surface area contributed by atoms with Gasteiger partial charge in [0.15, 0.2) is 0 Å². The van der Waals surface area contributed by atoms with Gasteiger partial charge in [-0.05, 0) is 50.6 Å². The minimum Gasteiger partial charge on any atom is -0.508 e. The van der Waals surface area contributed by atoms with E-state index in [1.165, 1.54) is 5.56 Å². The number of ether oxygens (including phenoxy) is 1. The standard InChI is InChI=1S/C18H21NO2/c1-12-10-13(8-9-16(12)20)19-15-11-18(2,3)21-17-7-5-4-6-14(15)17/h4-10,15,19-20H,11H2,1-3H3. The Hall–Kier alpha value is -2.16. The average molecular weight is 283 g/mol. The lowest BCUT2D eigenvalue weighted by atomic mass is 9.89. The molecule has 0 fully saturated rings. The summed E-state index contributed by atoms with van der Waals surface area (Å²) in [6, 6.07) is 14.0. The van der Waals surface area contributed by atoms with Gasteiger partial charge < -0.3 is 15.2 Å². The van der Waals surface area contributed by atoms with E-state index in [1.54, 1.807) is 6.07 Å². The predicted octanol–water partition coefficient (Wildman–Crippen LogP) is 4.41. The predicted molar refractivity (Wildman–Crippen MR) is 85.0 cm³/mol. The number of hydrogen-bond donors (Lipinski definition) is 2. The molecule has 110 valence electrons. The molecule has 0 amide bonds. The molecule has 1 unspecified atom stereocenters. The Morgan fingerprint density at radius 3 is 2.71 bits per heavy atom. The molecule has 3 rings (SSSR count). The quantitative estimate of drug-likeness (QED) is 0.802. The molecule has 0 spiro atoms. The van der Waals surface area contributed by atoms with Gasteiger partial charge in [-0.25, -0.2) is 0 Å². The first-order valence-electron chi connectivity index (χ1n) is 7.29. The second-order valence-electron chi connectivity index (χ2n) is 6.30. The minimum atomic E-state index is -0.196. The van der Waals surface area contributed by atoms with Gasteiger partial charge in [0.2, 0.25) is 0 Å². The van der Waals surface area contributed by atoms with E-state index < -0.39 is 0 Å². The zero-order valence-corrected chi connectivity index (χ0v) is 12.7. The smallest absolute Gasteiger partial charge is 0.125 e. The first kappa shape index (κ1) is 13.8. The summed E-state index contributed by atoms with van der Waals surface area (Å²) < 4.78 is 6.05. The number of para-hydroxylation sites is 1. The lowest BCUT2D eigenvalue weighted by Gasteiger charge is -2.38. The third-order valence-corrected chi connectivity index (χ3v) is 3.91. The largest absolute Gasteiger partial charge is 0.508 e. The second kappa shape index (κ2) is 4.99. The number of phenols is 1. The molecule has 21 heavy (non-hydrogen) atoms. The van der Waals surface area contributed by atoms with Crippen molar-refractivity contribution in [2.45, 2.75) is 38.8 Å². The summed E-state index contributed by atoms with van der Waals surface area (Å²) >= 11 is 0. The molecule has 1 atom stereocenters. The van der Waals surface area contributed by atoms with E-state index in [0.717, 1.165) is 23.4 Å². The fraction of sp³-hybridized carbons (Fsp3) is 0.333. The zero-order chi connectivity index (χ0) is 15.0. The number of rotatable bonds is 2. The van der Waals surface area contributed by atoms with E-state index in [1.807, 2.05) is 37.3 Å². The van der Waals surface area contributed by atoms with Crippen molar-refractivity contribution in [1.82, 2.24) is 0 Å². The molecule has 2 aromatic rings. The molecule has 0 radical (unpaired) electrons. The summed E-state index contributed by atoms with van der Waals surface area (Å²) in [5.41, 5.74) is 2.88. The van der Waals surface area contributed by atoms with E-state index in [4.69, 9.17) is 4.74 Å². The van der Waals surface area contributed by atoms with Crippen LogP contribution in [0.2, 0.25) is 0 Å². The molecular formula is C18H21NO2. The molecule has 1 aliphatic heterocycles. The van der Waals surface area contributed by atoms with Crippen LogP contribution < -0.4 is 10.1 Å². The van der Waals surface area contributed by atoms with E-state index >= 15 is 0 Å². The Bertz CT molecular complexity index is 664. The maximum atomic E-state index is 9.64. The van der Waals surface area contributed by atoms with Crippen molar-refractivity contribution in [3.63, 3.8) is 0 Å². The molecule has 3 nitrogen and oxygen atoms in total. The number of aryl methyl sites for hydroxylation is 1. The highest BCUT2D eigenvalue weighted by Crippen LogP contribution is 2.41. The summed E-state index contributed by atoms with van der Waals surface area (Å²) in [6.07, 6.45) is 0.893. The van der Waals surface area contributed by atoms with Crippen LogP contribution in [0.1, 0.15) is 37.4 Å². The van der Waals surface area contributed by atoms with Crippen LogP contribution in [0.25, 0.3) is 0 Å². The molecule has 0 aromatic heterocycles. The summed E-state index contributed by atoms with van der Waals surface area (Å²) in [4.78, 5) is 0. The first-order chi connectivity index (χ1) is 9.94. The number of nitrogens with one attached hydrogen (secondary N) is 1. The van der Waals surface area contributed by atoms with Crippen molar-refractivity contribution in [1.29, 1.82) is 0 Å². The number of anilines is 1. The highest BCUT2D eigenvalue weighted by molar-refractivity contribution is 5.53. The second-order valence-corrected chi connectivity index (χ2v) is 6.30. The number of aromatic hydroxyl groups is 1. The van der Waals surface area contributed by atoms with Gasteiger partial charge in [-0.1, -0.05) is 18.2 Å². The van der Waals surface area contributed by atoms with Gasteiger partial charge in [0.25, 0.3) is 0 Å². The molecule has 1 aliphatic rings. The van der Waals surface area contributed by atoms with E-state index in [-0.39, 0.29) is 11.6 Å². The number of benzene rings is 2. The Morgan fingerprint density at radius 1 is 1.19 bits per heavy atom. The van der Waals surface area contributed by atoms with Crippen LogP contribution in [0.3, 0.4) is 0 Å². The lowest BCUT2D eigenvalue weighted by Crippen LogP contribution is -2.37. The van der Waals surface area contributed by atoms with Crippen molar-refractivity contribution in [3.05, 3.63) is 53.6 Å². The van der Waals surface area contributed by atoms with Crippen molar-refractivity contribution in [2.24, 2.45) is 0 Å². The normalized spacial score (nSPS) is 19.5. The Balaban J connectivity index is 1.92. The summed E-state index contributed by atoms with van der Waals surface area (Å²) in [7, 11) is 0. The van der Waals surface area contributed by atoms with Gasteiger partial charge in [0.05, 0.1) is 6.04 Å². The summed E-state index contributed by atoms with van der Waals surface area (Å²) in [6.45, 7) is 6.13. The highest BCUT2D eigenvalue weighted by Gasteiger charge is 2.33. The lowest BCUT2D eigenvalue weighted by molar-refractivity contribution is 0.0759. The number of phenolic OH excluding ortho intramolecular Hbond substituents is 1. The molecule has 0 bridgehead atoms. The van der Waals surface area contributed by atoms with Crippen molar-refractivity contribution in [3.8, 4) is 11.5 Å². The van der Waals surface area contributed by atoms with Crippen LogP contribution in [-0.4, -0.2) is 10.7 Å². The molecule has 3 heteroatoms. The topological polar surface area (TPSA) is 41.5 Å². The zero-order valence-electron chi connectivity index (χ0n) is 12.7. The van der Waals surface area contributed by atoms with Gasteiger partial charge >= 0.3 is 0 Å². The molecule has 2 N–H and O–H groups in total. The van der Waals surface area contributed by atoms with Crippen LogP contribution in [0.5, 0.6) is 11.5 Å². The molecule has 2 aromatic carbocycles. The van der Waals surface area contributed by atoms with E-state index in [9.17, 15) is 5.11 Å². The van der Waals surface area contributed by atoms with Crippen molar-refractivity contribution >= 4 is 5.69 Å². The summed E-state index contributed by atoms with van der Waals surface area (Å²) in [5.74, 6) is 1.27. The number of hydrogen-bond acceptors (Lipinski definition) is 3. The van der Waals surface area contributed by atoms with Crippen LogP contribution in [0.15, 0.2) is 42.5 Å². The van der Waals surface area contributed by atoms with Crippen molar-refractivity contribution < 1.29 is 9.84 Å². The van der Waals surface area contributed by atoms with E-state index in [2.05, 4.69) is 25.2 Å². The Labute approximate surface area is 125 Å². The van der Waals surface area contributed by atoms with Crippen LogP contribution in [0, 0.1) is 6.92 Å². The molecular weight excluding hydrogens is 262 g/mol. The Kier molecular flexibility index (Phi) is 3.28. The summed E-state index contributed by atoms with van der Waals surface area (Å²) in [5, 5.41) is 13.2. The van der Waals surface area contributed by atoms with Gasteiger partial charge in [-0.2, -0.15) is 0 Å². The van der Waals surface area contributed by atoms with Crippen LogP contribution >= 0.6 is 0 Å². The first-order valence-corrected chi connectivity index (χ1v) is 7.29. The molecule has 0 saturated carbocycles. The highest BCUT2D eigenvalue weighted by atomic mass is 16.5. The fourth-order valence-corrected chi connectivity index (χ4v) is 2.88. The van der Waals surface area contributed by atoms with Gasteiger partial charge in [0, 0.05) is 17.7 Å². The SMILES string of the molecule is Cc1cc(NC2CC(C)(C)Oc3ccccc32)ccc1O. The van der Waals surface area contributed by atoms with Gasteiger partial charge in [0.1, 0.15) is 17.1 Å². The Morgan fingerprint density at radius 2 is 1.95 bits per heavy atom. The maximum absolute atomic E-state index is 9.64. The third kappa shape index (κ3) is 2.82. The van der Waals surface area contributed by atoms with Crippen molar-refractivity contribution in [2.75, 3.05) is 5.32 Å². The van der Waals surface area contributed by atoms with Crippen LogP contribution in [-0.2, 0) is 0 Å². The molecule has 1 heterocycles.